The maximum absolute atomic E-state index is 12.7. The van der Waals surface area contributed by atoms with E-state index < -0.39 is 5.41 Å². The first-order valence-electron chi connectivity index (χ1n) is 7.84. The van der Waals surface area contributed by atoms with E-state index in [1.54, 1.807) is 4.90 Å². The van der Waals surface area contributed by atoms with Gasteiger partial charge in [0.05, 0.1) is 6.07 Å². The molecule has 0 bridgehead atoms. The second-order valence-electron chi connectivity index (χ2n) is 6.30. The van der Waals surface area contributed by atoms with Crippen LogP contribution in [0.25, 0.3) is 0 Å². The Morgan fingerprint density at radius 2 is 2.00 bits per heavy atom. The summed E-state index contributed by atoms with van der Waals surface area (Å²) >= 11 is 0. The lowest BCUT2D eigenvalue weighted by Gasteiger charge is -2.31. The van der Waals surface area contributed by atoms with Crippen LogP contribution in [0.5, 0.6) is 0 Å². The average Bonchev–Trinajstić information content (AvgIpc) is 2.82. The molecule has 1 fully saturated rings. The first-order chi connectivity index (χ1) is 9.49. The Morgan fingerprint density at radius 3 is 2.40 bits per heavy atom. The van der Waals surface area contributed by atoms with Crippen LogP contribution in [0.2, 0.25) is 0 Å². The van der Waals surface area contributed by atoms with Crippen molar-refractivity contribution in [1.29, 1.82) is 5.26 Å². The molecule has 4 heteroatoms. The largest absolute Gasteiger partial charge is 0.344 e. The maximum Gasteiger partial charge on any atom is 0.242 e. The molecule has 1 heterocycles. The minimum atomic E-state index is -0.803. The number of hydrogen-bond acceptors (Lipinski definition) is 3. The topological polar surface area (TPSA) is 47.3 Å². The SMILES string of the molecule is CCCC(C#N)(CCC)C(=O)N(C)CC1CCN(C)C1. The summed E-state index contributed by atoms with van der Waals surface area (Å²) in [5.41, 5.74) is -0.803. The third kappa shape index (κ3) is 3.96. The first kappa shape index (κ1) is 17.0. The van der Waals surface area contributed by atoms with Gasteiger partial charge in [0.25, 0.3) is 0 Å². The molecule has 1 saturated heterocycles. The molecule has 1 atom stereocenters. The molecular formula is C16H29N3O. The van der Waals surface area contributed by atoms with Crippen LogP contribution >= 0.6 is 0 Å². The van der Waals surface area contributed by atoms with Gasteiger partial charge in [-0.15, -0.1) is 0 Å². The van der Waals surface area contributed by atoms with Gasteiger partial charge < -0.3 is 9.80 Å². The van der Waals surface area contributed by atoms with E-state index in [1.807, 2.05) is 20.9 Å². The Morgan fingerprint density at radius 1 is 1.40 bits per heavy atom. The Hall–Kier alpha value is -1.08. The highest BCUT2D eigenvalue weighted by molar-refractivity contribution is 5.85. The highest BCUT2D eigenvalue weighted by atomic mass is 16.2. The molecule has 1 aliphatic rings. The number of nitrogens with zero attached hydrogens (tertiary/aromatic N) is 3. The summed E-state index contributed by atoms with van der Waals surface area (Å²) in [6.45, 7) is 7.03. The Labute approximate surface area is 123 Å². The zero-order valence-corrected chi connectivity index (χ0v) is 13.5. The molecule has 1 aliphatic heterocycles. The predicted molar refractivity (Wildman–Crippen MR) is 81.1 cm³/mol. The van der Waals surface area contributed by atoms with Crippen LogP contribution in [0, 0.1) is 22.7 Å². The average molecular weight is 279 g/mol. The van der Waals surface area contributed by atoms with E-state index in [0.717, 1.165) is 38.9 Å². The molecule has 4 nitrogen and oxygen atoms in total. The van der Waals surface area contributed by atoms with Crippen molar-refractivity contribution in [3.05, 3.63) is 0 Å². The minimum Gasteiger partial charge on any atom is -0.344 e. The smallest absolute Gasteiger partial charge is 0.242 e. The lowest BCUT2D eigenvalue weighted by atomic mass is 9.79. The first-order valence-corrected chi connectivity index (χ1v) is 7.84. The third-order valence-corrected chi connectivity index (χ3v) is 4.34. The summed E-state index contributed by atoms with van der Waals surface area (Å²) in [6, 6.07) is 2.33. The van der Waals surface area contributed by atoms with Crippen LogP contribution in [0.3, 0.4) is 0 Å². The molecule has 0 aromatic heterocycles. The maximum atomic E-state index is 12.7. The molecule has 0 N–H and O–H groups in total. The van der Waals surface area contributed by atoms with Crippen molar-refractivity contribution in [2.75, 3.05) is 33.7 Å². The zero-order valence-electron chi connectivity index (χ0n) is 13.5. The molecule has 20 heavy (non-hydrogen) atoms. The van der Waals surface area contributed by atoms with E-state index in [9.17, 15) is 10.1 Å². The van der Waals surface area contributed by atoms with Gasteiger partial charge in [-0.3, -0.25) is 4.79 Å². The molecule has 114 valence electrons. The molecule has 0 radical (unpaired) electrons. The number of nitriles is 1. The van der Waals surface area contributed by atoms with Crippen molar-refractivity contribution in [3.63, 3.8) is 0 Å². The zero-order chi connectivity index (χ0) is 15.2. The number of amides is 1. The van der Waals surface area contributed by atoms with E-state index in [0.29, 0.717) is 18.8 Å². The van der Waals surface area contributed by atoms with Gasteiger partial charge in [-0.1, -0.05) is 26.7 Å². The summed E-state index contributed by atoms with van der Waals surface area (Å²) in [4.78, 5) is 16.8. The molecule has 0 saturated carbocycles. The summed E-state index contributed by atoms with van der Waals surface area (Å²) in [5.74, 6) is 0.576. The fourth-order valence-corrected chi connectivity index (χ4v) is 3.36. The van der Waals surface area contributed by atoms with Crippen LogP contribution in [0.1, 0.15) is 46.0 Å². The minimum absolute atomic E-state index is 0.0262. The quantitative estimate of drug-likeness (QED) is 0.719. The summed E-state index contributed by atoms with van der Waals surface area (Å²) in [6.07, 6.45) is 4.24. The second kappa shape index (κ2) is 7.64. The van der Waals surface area contributed by atoms with Gasteiger partial charge in [0.15, 0.2) is 0 Å². The van der Waals surface area contributed by atoms with Gasteiger partial charge in [0, 0.05) is 20.1 Å². The molecule has 1 unspecified atom stereocenters. The Balaban J connectivity index is 2.70. The van der Waals surface area contributed by atoms with Crippen LogP contribution in [0.15, 0.2) is 0 Å². The van der Waals surface area contributed by atoms with Crippen LogP contribution < -0.4 is 0 Å². The summed E-state index contributed by atoms with van der Waals surface area (Å²) in [7, 11) is 3.98. The molecule has 1 amide bonds. The van der Waals surface area contributed by atoms with Crippen molar-refractivity contribution in [1.82, 2.24) is 9.80 Å². The van der Waals surface area contributed by atoms with Crippen molar-refractivity contribution in [2.24, 2.45) is 11.3 Å². The van der Waals surface area contributed by atoms with Gasteiger partial charge in [0.1, 0.15) is 5.41 Å². The van der Waals surface area contributed by atoms with Gasteiger partial charge >= 0.3 is 0 Å². The van der Waals surface area contributed by atoms with E-state index in [-0.39, 0.29) is 5.91 Å². The highest BCUT2D eigenvalue weighted by Crippen LogP contribution is 2.32. The van der Waals surface area contributed by atoms with E-state index in [4.69, 9.17) is 0 Å². The molecular weight excluding hydrogens is 250 g/mol. The van der Waals surface area contributed by atoms with E-state index in [1.165, 1.54) is 0 Å². The van der Waals surface area contributed by atoms with Crippen LogP contribution in [0.4, 0.5) is 0 Å². The van der Waals surface area contributed by atoms with Crippen molar-refractivity contribution in [2.45, 2.75) is 46.0 Å². The van der Waals surface area contributed by atoms with Crippen molar-refractivity contribution >= 4 is 5.91 Å². The van der Waals surface area contributed by atoms with Crippen LogP contribution in [-0.2, 0) is 4.79 Å². The van der Waals surface area contributed by atoms with Crippen molar-refractivity contribution in [3.8, 4) is 6.07 Å². The Kier molecular flexibility index (Phi) is 6.48. The normalized spacial score (nSPS) is 19.9. The predicted octanol–water partition coefficient (Wildman–Crippen LogP) is 2.51. The fourth-order valence-electron chi connectivity index (χ4n) is 3.36. The number of carbonyl (C=O) groups is 1. The molecule has 0 aromatic carbocycles. The van der Waals surface area contributed by atoms with Crippen molar-refractivity contribution < 1.29 is 4.79 Å². The van der Waals surface area contributed by atoms with Gasteiger partial charge in [-0.2, -0.15) is 5.26 Å². The van der Waals surface area contributed by atoms with Gasteiger partial charge in [-0.25, -0.2) is 0 Å². The lowest BCUT2D eigenvalue weighted by molar-refractivity contribution is -0.139. The van der Waals surface area contributed by atoms with Gasteiger partial charge in [0.2, 0.25) is 5.91 Å². The standard InChI is InChI=1S/C16H29N3O/c1-5-8-16(13-17,9-6-2)15(20)19(4)12-14-7-10-18(3)11-14/h14H,5-12H2,1-4H3. The number of likely N-dealkylation sites (tertiary alicyclic amines) is 1. The molecule has 0 aromatic rings. The van der Waals surface area contributed by atoms with Gasteiger partial charge in [-0.05, 0) is 38.8 Å². The molecule has 1 rings (SSSR count). The molecule has 0 aliphatic carbocycles. The molecule has 0 spiro atoms. The monoisotopic (exact) mass is 279 g/mol. The van der Waals surface area contributed by atoms with Crippen LogP contribution in [-0.4, -0.2) is 49.4 Å². The Bertz CT molecular complexity index is 355. The number of carbonyl (C=O) groups excluding carboxylic acids is 1. The third-order valence-electron chi connectivity index (χ3n) is 4.34. The van der Waals surface area contributed by atoms with E-state index >= 15 is 0 Å². The second-order valence-corrected chi connectivity index (χ2v) is 6.30. The highest BCUT2D eigenvalue weighted by Gasteiger charge is 2.39. The van der Waals surface area contributed by atoms with E-state index in [2.05, 4.69) is 18.0 Å². The summed E-state index contributed by atoms with van der Waals surface area (Å²) in [5, 5.41) is 9.56. The summed E-state index contributed by atoms with van der Waals surface area (Å²) < 4.78 is 0. The lowest BCUT2D eigenvalue weighted by Crippen LogP contribution is -2.43. The fraction of sp³-hybridized carbons (Fsp3) is 0.875. The number of rotatable bonds is 7. The number of hydrogen-bond donors (Lipinski definition) is 0.